The first-order valence-corrected chi connectivity index (χ1v) is 11.3. The minimum absolute atomic E-state index is 0.0392. The fourth-order valence-corrected chi connectivity index (χ4v) is 5.32. The number of halogens is 2. The van der Waals surface area contributed by atoms with Crippen LogP contribution in [-0.2, 0) is 29.9 Å². The number of nitrogens with one attached hydrogen (secondary N) is 1. The van der Waals surface area contributed by atoms with Crippen molar-refractivity contribution in [1.29, 1.82) is 5.26 Å². The van der Waals surface area contributed by atoms with Crippen LogP contribution in [0.5, 0.6) is 0 Å². The molecule has 1 saturated heterocycles. The number of carbonyl (C=O) groups excluding carboxylic acids is 3. The lowest BCUT2D eigenvalue weighted by molar-refractivity contribution is -0.144. The fraction of sp³-hybridized carbons (Fsp3) is 0.500. The first-order chi connectivity index (χ1) is 14.8. The van der Waals surface area contributed by atoms with Crippen molar-refractivity contribution < 1.29 is 27.7 Å². The minimum Gasteiger partial charge on any atom is -0.378 e. The molecule has 4 atom stereocenters. The van der Waals surface area contributed by atoms with E-state index in [4.69, 9.17) is 21.6 Å². The third-order valence-electron chi connectivity index (χ3n) is 5.50. The Balaban J connectivity index is 1.79. The SMILES string of the molecule is N#CCNC(=O)[C@@H]1C[C@@H](C(=O)S(=O)c2ccc(F)c(Cl)c2)C[C@H]1C(=O)N1CCOCC1. The monoisotopic (exact) mass is 469 g/mol. The molecule has 1 aliphatic heterocycles. The standard InChI is InChI=1S/C20H21ClFN3O5S/c21-16-11-13(1-2-17(16)22)31(29)20(28)12-9-14(18(26)24-4-3-23)15(10-12)19(27)25-5-7-30-8-6-25/h1-2,11-12,14-15H,4-10H2,(H,24,26)/t12-,14-,15-,31?/m1/s1. The fourth-order valence-electron chi connectivity index (χ4n) is 3.93. The second-order valence-electron chi connectivity index (χ2n) is 7.36. The average Bonchev–Trinajstić information content (AvgIpc) is 3.24. The van der Waals surface area contributed by atoms with Gasteiger partial charge in [-0.15, -0.1) is 0 Å². The molecule has 2 aliphatic rings. The molecule has 1 aromatic carbocycles. The van der Waals surface area contributed by atoms with Crippen molar-refractivity contribution in [1.82, 2.24) is 10.2 Å². The predicted octanol–water partition coefficient (Wildman–Crippen LogP) is 1.25. The largest absolute Gasteiger partial charge is 0.378 e. The van der Waals surface area contributed by atoms with Crippen LogP contribution in [0.15, 0.2) is 23.1 Å². The molecule has 1 heterocycles. The molecular formula is C20H21ClFN3O5S. The van der Waals surface area contributed by atoms with Crippen LogP contribution in [0.2, 0.25) is 5.02 Å². The van der Waals surface area contributed by atoms with Gasteiger partial charge in [0.15, 0.2) is 0 Å². The lowest BCUT2D eigenvalue weighted by atomic mass is 9.93. The summed E-state index contributed by atoms with van der Waals surface area (Å²) in [6.07, 6.45) is 0.109. The summed E-state index contributed by atoms with van der Waals surface area (Å²) in [5, 5.41) is 10.3. The predicted molar refractivity (Wildman–Crippen MR) is 109 cm³/mol. The number of ether oxygens (including phenoxy) is 1. The van der Waals surface area contributed by atoms with Crippen molar-refractivity contribution in [2.75, 3.05) is 32.8 Å². The number of hydrogen-bond acceptors (Lipinski definition) is 6. The van der Waals surface area contributed by atoms with Crippen molar-refractivity contribution in [3.63, 3.8) is 0 Å². The van der Waals surface area contributed by atoms with Crippen LogP contribution in [0.3, 0.4) is 0 Å². The Kier molecular flexibility index (Phi) is 7.75. The van der Waals surface area contributed by atoms with E-state index in [9.17, 15) is 23.0 Å². The molecule has 1 unspecified atom stereocenters. The topological polar surface area (TPSA) is 117 Å². The molecule has 31 heavy (non-hydrogen) atoms. The second-order valence-corrected chi connectivity index (χ2v) is 9.18. The molecule has 0 aromatic heterocycles. The molecule has 1 aliphatic carbocycles. The second kappa shape index (κ2) is 10.3. The molecule has 1 aromatic rings. The molecule has 3 rings (SSSR count). The van der Waals surface area contributed by atoms with E-state index >= 15 is 0 Å². The van der Waals surface area contributed by atoms with Crippen LogP contribution in [0.25, 0.3) is 0 Å². The van der Waals surface area contributed by atoms with Crippen LogP contribution < -0.4 is 5.32 Å². The summed E-state index contributed by atoms with van der Waals surface area (Å²) in [5.41, 5.74) is 0. The highest BCUT2D eigenvalue weighted by Crippen LogP contribution is 2.39. The third-order valence-corrected chi connectivity index (χ3v) is 7.17. The van der Waals surface area contributed by atoms with E-state index < -0.39 is 45.4 Å². The third kappa shape index (κ3) is 5.29. The minimum atomic E-state index is -2.12. The summed E-state index contributed by atoms with van der Waals surface area (Å²) in [6, 6.07) is 5.19. The number of amides is 2. The summed E-state index contributed by atoms with van der Waals surface area (Å²) in [5.74, 6) is -3.81. The first-order valence-electron chi connectivity index (χ1n) is 9.75. The maximum absolute atomic E-state index is 13.4. The van der Waals surface area contributed by atoms with E-state index in [1.807, 2.05) is 6.07 Å². The Labute approximate surface area is 186 Å². The molecule has 0 spiro atoms. The Morgan fingerprint density at radius 3 is 2.58 bits per heavy atom. The van der Waals surface area contributed by atoms with Gasteiger partial charge in [-0.3, -0.25) is 14.4 Å². The van der Waals surface area contributed by atoms with Crippen molar-refractivity contribution in [2.24, 2.45) is 17.8 Å². The molecule has 2 amide bonds. The lowest BCUT2D eigenvalue weighted by Gasteiger charge is -2.30. The number of rotatable bonds is 5. The van der Waals surface area contributed by atoms with E-state index in [2.05, 4.69) is 5.32 Å². The summed E-state index contributed by atoms with van der Waals surface area (Å²) in [7, 11) is -2.12. The highest BCUT2D eigenvalue weighted by atomic mass is 35.5. The van der Waals surface area contributed by atoms with Crippen molar-refractivity contribution >= 4 is 39.3 Å². The van der Waals surface area contributed by atoms with Gasteiger partial charge < -0.3 is 15.0 Å². The van der Waals surface area contributed by atoms with Gasteiger partial charge in [-0.25, -0.2) is 8.60 Å². The summed E-state index contributed by atoms with van der Waals surface area (Å²) >= 11 is 5.73. The number of nitrogens with zero attached hydrogens (tertiary/aromatic N) is 2. The van der Waals surface area contributed by atoms with Gasteiger partial charge >= 0.3 is 0 Å². The van der Waals surface area contributed by atoms with E-state index in [1.165, 1.54) is 6.07 Å². The average molecular weight is 470 g/mol. The van der Waals surface area contributed by atoms with Gasteiger partial charge in [0.25, 0.3) is 0 Å². The van der Waals surface area contributed by atoms with E-state index in [-0.39, 0.29) is 35.2 Å². The lowest BCUT2D eigenvalue weighted by Crippen LogP contribution is -2.46. The quantitative estimate of drug-likeness (QED) is 0.649. The molecule has 0 bridgehead atoms. The number of hydrogen-bond donors (Lipinski definition) is 1. The number of carbonyl (C=O) groups is 3. The van der Waals surface area contributed by atoms with E-state index in [0.717, 1.165) is 12.1 Å². The van der Waals surface area contributed by atoms with Gasteiger partial charge in [-0.1, -0.05) is 11.6 Å². The number of morpholine rings is 1. The molecule has 8 nitrogen and oxygen atoms in total. The van der Waals surface area contributed by atoms with Crippen molar-refractivity contribution in [3.05, 3.63) is 29.0 Å². The Morgan fingerprint density at radius 1 is 1.26 bits per heavy atom. The highest BCUT2D eigenvalue weighted by Gasteiger charge is 2.47. The summed E-state index contributed by atoms with van der Waals surface area (Å²) in [4.78, 5) is 40.2. The zero-order valence-corrected chi connectivity index (χ0v) is 18.1. The van der Waals surface area contributed by atoms with Crippen LogP contribution in [0.1, 0.15) is 12.8 Å². The van der Waals surface area contributed by atoms with Gasteiger partial charge in [0, 0.05) is 23.9 Å². The van der Waals surface area contributed by atoms with Crippen molar-refractivity contribution in [3.8, 4) is 6.07 Å². The van der Waals surface area contributed by atoms with Crippen LogP contribution in [0, 0.1) is 34.9 Å². The van der Waals surface area contributed by atoms with Crippen molar-refractivity contribution in [2.45, 2.75) is 17.7 Å². The van der Waals surface area contributed by atoms with Gasteiger partial charge in [0.2, 0.25) is 16.9 Å². The van der Waals surface area contributed by atoms with Crippen LogP contribution in [0.4, 0.5) is 4.39 Å². The molecular weight excluding hydrogens is 449 g/mol. The zero-order valence-electron chi connectivity index (χ0n) is 16.5. The van der Waals surface area contributed by atoms with E-state index in [1.54, 1.807) is 4.90 Å². The number of benzene rings is 1. The van der Waals surface area contributed by atoms with Gasteiger partial charge in [0.05, 0.1) is 36.1 Å². The molecule has 1 N–H and O–H groups in total. The molecule has 1 saturated carbocycles. The van der Waals surface area contributed by atoms with Crippen LogP contribution >= 0.6 is 11.6 Å². The molecule has 2 fully saturated rings. The highest BCUT2D eigenvalue weighted by molar-refractivity contribution is 8.00. The van der Waals surface area contributed by atoms with Gasteiger partial charge in [-0.2, -0.15) is 5.26 Å². The summed E-state index contributed by atoms with van der Waals surface area (Å²) in [6.45, 7) is 1.34. The Hall–Kier alpha value is -2.35. The Bertz CT molecular complexity index is 947. The van der Waals surface area contributed by atoms with Gasteiger partial charge in [-0.05, 0) is 31.0 Å². The maximum Gasteiger partial charge on any atom is 0.226 e. The smallest absolute Gasteiger partial charge is 0.226 e. The molecule has 11 heteroatoms. The Morgan fingerprint density at radius 2 is 1.94 bits per heavy atom. The molecule has 166 valence electrons. The van der Waals surface area contributed by atoms with Gasteiger partial charge in [0.1, 0.15) is 23.2 Å². The first kappa shape index (κ1) is 23.3. The summed E-state index contributed by atoms with van der Waals surface area (Å²) < 4.78 is 31.4. The molecule has 0 radical (unpaired) electrons. The maximum atomic E-state index is 13.4. The van der Waals surface area contributed by atoms with E-state index in [0.29, 0.717) is 26.3 Å². The number of nitriles is 1. The van der Waals surface area contributed by atoms with Crippen LogP contribution in [-0.4, -0.2) is 58.9 Å². The normalized spacial score (nSPS) is 24.3. The zero-order chi connectivity index (χ0) is 22.5.